The molecule has 0 saturated carbocycles. The predicted molar refractivity (Wildman–Crippen MR) is 117 cm³/mol. The molecule has 1 heterocycles. The van der Waals surface area contributed by atoms with Gasteiger partial charge in [0.1, 0.15) is 5.60 Å². The SMILES string of the molecule is CCC(C)(CC)OCC1COC1(COC(C)(CC)CC)COC(C)(CC)CC. The van der Waals surface area contributed by atoms with Crippen LogP contribution in [0.25, 0.3) is 0 Å². The molecule has 1 unspecified atom stereocenters. The van der Waals surface area contributed by atoms with Gasteiger partial charge in [-0.15, -0.1) is 0 Å². The van der Waals surface area contributed by atoms with E-state index in [1.165, 1.54) is 0 Å². The minimum absolute atomic E-state index is 0.0637. The molecular weight excluding hydrogens is 352 g/mol. The summed E-state index contributed by atoms with van der Waals surface area (Å²) in [5.41, 5.74) is -0.694. The largest absolute Gasteiger partial charge is 0.375 e. The second-order valence-electron chi connectivity index (χ2n) is 9.43. The number of hydrogen-bond acceptors (Lipinski definition) is 4. The normalized spacial score (nSPS) is 20.2. The summed E-state index contributed by atoms with van der Waals surface area (Å²) in [5.74, 6) is 0.306. The lowest BCUT2D eigenvalue weighted by Gasteiger charge is -2.51. The molecule has 1 rings (SSSR count). The summed E-state index contributed by atoms with van der Waals surface area (Å²) in [5, 5.41) is 0. The topological polar surface area (TPSA) is 36.9 Å². The highest BCUT2D eigenvalue weighted by Gasteiger charge is 2.51. The fraction of sp³-hybridized carbons (Fsp3) is 1.00. The van der Waals surface area contributed by atoms with Crippen LogP contribution in [0, 0.1) is 5.92 Å². The number of rotatable bonds is 15. The molecule has 0 aliphatic carbocycles. The van der Waals surface area contributed by atoms with Gasteiger partial charge in [-0.2, -0.15) is 0 Å². The maximum absolute atomic E-state index is 6.42. The van der Waals surface area contributed by atoms with Crippen LogP contribution < -0.4 is 0 Å². The quantitative estimate of drug-likeness (QED) is 0.330. The van der Waals surface area contributed by atoms with Gasteiger partial charge in [0, 0.05) is 5.92 Å². The fourth-order valence-electron chi connectivity index (χ4n) is 3.25. The van der Waals surface area contributed by atoms with E-state index in [1.54, 1.807) is 0 Å². The summed E-state index contributed by atoms with van der Waals surface area (Å²) in [6, 6.07) is 0. The van der Waals surface area contributed by atoms with Crippen molar-refractivity contribution in [3.8, 4) is 0 Å². The van der Waals surface area contributed by atoms with Gasteiger partial charge >= 0.3 is 0 Å². The van der Waals surface area contributed by atoms with E-state index in [1.807, 2.05) is 0 Å². The Morgan fingerprint density at radius 1 is 0.679 bits per heavy atom. The van der Waals surface area contributed by atoms with Crippen LogP contribution in [0.3, 0.4) is 0 Å². The Labute approximate surface area is 175 Å². The Balaban J connectivity index is 2.88. The van der Waals surface area contributed by atoms with Crippen LogP contribution in [0.1, 0.15) is 101 Å². The van der Waals surface area contributed by atoms with Gasteiger partial charge in [-0.3, -0.25) is 0 Å². The van der Waals surface area contributed by atoms with Crippen LogP contribution in [0.5, 0.6) is 0 Å². The molecule has 1 aliphatic heterocycles. The molecular formula is C24H48O4. The van der Waals surface area contributed by atoms with Crippen molar-refractivity contribution in [1.29, 1.82) is 0 Å². The first-order valence-electron chi connectivity index (χ1n) is 11.6. The zero-order chi connectivity index (χ0) is 21.5. The van der Waals surface area contributed by atoms with E-state index in [0.29, 0.717) is 25.7 Å². The van der Waals surface area contributed by atoms with Crippen molar-refractivity contribution < 1.29 is 18.9 Å². The second kappa shape index (κ2) is 10.7. The maximum Gasteiger partial charge on any atom is 0.122 e. The molecule has 0 aromatic carbocycles. The molecule has 4 nitrogen and oxygen atoms in total. The van der Waals surface area contributed by atoms with Crippen molar-refractivity contribution >= 4 is 0 Å². The third-order valence-electron chi connectivity index (χ3n) is 7.77. The molecule has 0 spiro atoms. The molecule has 28 heavy (non-hydrogen) atoms. The van der Waals surface area contributed by atoms with E-state index in [2.05, 4.69) is 62.3 Å². The zero-order valence-corrected chi connectivity index (χ0v) is 20.3. The Bertz CT molecular complexity index is 414. The van der Waals surface area contributed by atoms with Gasteiger partial charge < -0.3 is 18.9 Å². The Kier molecular flexibility index (Phi) is 9.93. The van der Waals surface area contributed by atoms with Crippen molar-refractivity contribution in [1.82, 2.24) is 0 Å². The highest BCUT2D eigenvalue weighted by molar-refractivity contribution is 4.98. The van der Waals surface area contributed by atoms with Crippen molar-refractivity contribution in [2.45, 2.75) is 123 Å². The minimum atomic E-state index is -0.403. The smallest absolute Gasteiger partial charge is 0.122 e. The van der Waals surface area contributed by atoms with Gasteiger partial charge in [0.15, 0.2) is 0 Å². The van der Waals surface area contributed by atoms with E-state index < -0.39 is 5.60 Å². The molecule has 4 heteroatoms. The summed E-state index contributed by atoms with van der Waals surface area (Å²) in [4.78, 5) is 0. The molecule has 0 N–H and O–H groups in total. The first kappa shape index (κ1) is 25.9. The standard InChI is InChI=1S/C24H48O4/c1-10-21(7,11-2)25-16-20-17-26-24(20,18-27-22(8,12-3)13-4)19-28-23(9,14-5)15-6/h20H,10-19H2,1-9H3. The van der Waals surface area contributed by atoms with Crippen molar-refractivity contribution in [2.24, 2.45) is 5.92 Å². The summed E-state index contributed by atoms with van der Waals surface area (Å²) < 4.78 is 25.4. The van der Waals surface area contributed by atoms with Crippen LogP contribution >= 0.6 is 0 Å². The fourth-order valence-corrected chi connectivity index (χ4v) is 3.25. The van der Waals surface area contributed by atoms with E-state index in [4.69, 9.17) is 18.9 Å². The lowest BCUT2D eigenvalue weighted by atomic mass is 9.83. The van der Waals surface area contributed by atoms with Crippen LogP contribution in [0.4, 0.5) is 0 Å². The molecule has 0 radical (unpaired) electrons. The van der Waals surface area contributed by atoms with E-state index in [0.717, 1.165) is 45.1 Å². The van der Waals surface area contributed by atoms with Gasteiger partial charge in [0.05, 0.1) is 43.2 Å². The predicted octanol–water partition coefficient (Wildman–Crippen LogP) is 6.16. The molecule has 0 aromatic heterocycles. The highest BCUT2D eigenvalue weighted by Crippen LogP contribution is 2.39. The van der Waals surface area contributed by atoms with Gasteiger partial charge in [-0.1, -0.05) is 41.5 Å². The first-order chi connectivity index (χ1) is 13.1. The van der Waals surface area contributed by atoms with Gasteiger partial charge in [0.25, 0.3) is 0 Å². The van der Waals surface area contributed by atoms with Gasteiger partial charge in [-0.25, -0.2) is 0 Å². The molecule has 0 aromatic rings. The van der Waals surface area contributed by atoms with Crippen molar-refractivity contribution in [3.63, 3.8) is 0 Å². The van der Waals surface area contributed by atoms with Crippen LogP contribution in [0.15, 0.2) is 0 Å². The maximum atomic E-state index is 6.42. The Hall–Kier alpha value is -0.160. The van der Waals surface area contributed by atoms with E-state index in [9.17, 15) is 0 Å². The summed E-state index contributed by atoms with van der Waals surface area (Å²) >= 11 is 0. The molecule has 0 amide bonds. The summed E-state index contributed by atoms with van der Waals surface area (Å²) in [7, 11) is 0. The molecule has 0 bridgehead atoms. The average molecular weight is 401 g/mol. The lowest BCUT2D eigenvalue weighted by molar-refractivity contribution is -0.290. The molecule has 1 saturated heterocycles. The van der Waals surface area contributed by atoms with Crippen LogP contribution in [-0.2, 0) is 18.9 Å². The molecule has 1 aliphatic rings. The molecule has 1 atom stereocenters. The van der Waals surface area contributed by atoms with Gasteiger partial charge in [-0.05, 0) is 59.3 Å². The Morgan fingerprint density at radius 3 is 1.32 bits per heavy atom. The number of ether oxygens (including phenoxy) is 4. The highest BCUT2D eigenvalue weighted by atomic mass is 16.6. The average Bonchev–Trinajstić information content (AvgIpc) is 2.72. The molecule has 168 valence electrons. The van der Waals surface area contributed by atoms with E-state index >= 15 is 0 Å². The molecule has 1 fully saturated rings. The van der Waals surface area contributed by atoms with Crippen LogP contribution in [-0.4, -0.2) is 48.8 Å². The van der Waals surface area contributed by atoms with Gasteiger partial charge in [0.2, 0.25) is 0 Å². The third-order valence-corrected chi connectivity index (χ3v) is 7.77. The second-order valence-corrected chi connectivity index (χ2v) is 9.43. The monoisotopic (exact) mass is 400 g/mol. The van der Waals surface area contributed by atoms with Crippen molar-refractivity contribution in [3.05, 3.63) is 0 Å². The summed E-state index contributed by atoms with van der Waals surface area (Å²) in [6.07, 6.45) is 6.01. The summed E-state index contributed by atoms with van der Waals surface area (Å²) in [6.45, 7) is 22.3. The van der Waals surface area contributed by atoms with Crippen LogP contribution in [0.2, 0.25) is 0 Å². The van der Waals surface area contributed by atoms with Crippen molar-refractivity contribution in [2.75, 3.05) is 26.4 Å². The lowest BCUT2D eigenvalue weighted by Crippen LogP contribution is -2.63. The zero-order valence-electron chi connectivity index (χ0n) is 20.3. The number of hydrogen-bond donors (Lipinski definition) is 0. The third kappa shape index (κ3) is 6.42. The van der Waals surface area contributed by atoms with E-state index in [-0.39, 0.29) is 16.8 Å². The Morgan fingerprint density at radius 2 is 1.04 bits per heavy atom. The minimum Gasteiger partial charge on any atom is -0.375 e. The first-order valence-corrected chi connectivity index (χ1v) is 11.6.